The number of rotatable bonds is 6. The molecule has 6 heteroatoms. The largest absolute Gasteiger partial charge is 0.468 e. The number of ether oxygens (including phenoxy) is 1. The Labute approximate surface area is 65.4 Å². The summed E-state index contributed by atoms with van der Waals surface area (Å²) in [6, 6.07) is 0. The minimum absolute atomic E-state index is 0.0483. The second-order valence-electron chi connectivity index (χ2n) is 1.85. The molecule has 0 aliphatic heterocycles. The van der Waals surface area contributed by atoms with Gasteiger partial charge in [-0.15, -0.1) is 0 Å². The Morgan fingerprint density at radius 3 is 2.45 bits per heavy atom. The zero-order chi connectivity index (χ0) is 8.74. The Hall–Kier alpha value is -0.620. The molecule has 11 heavy (non-hydrogen) atoms. The van der Waals surface area contributed by atoms with Crippen molar-refractivity contribution >= 4 is 16.6 Å². The summed E-state index contributed by atoms with van der Waals surface area (Å²) < 4.78 is 29.3. The van der Waals surface area contributed by atoms with Gasteiger partial charge < -0.3 is 4.74 Å². The molecule has 0 aromatic heterocycles. The molecular formula is C5H10O5S. The molecular weight excluding hydrogens is 172 g/mol. The lowest BCUT2D eigenvalue weighted by Gasteiger charge is -1.99. The fourth-order valence-corrected chi connectivity index (χ4v) is 0.821. The fraction of sp³-hybridized carbons (Fsp3) is 0.800. The minimum Gasteiger partial charge on any atom is -0.468 e. The van der Waals surface area contributed by atoms with Gasteiger partial charge in [-0.05, 0) is 0 Å². The van der Waals surface area contributed by atoms with E-state index in [1.807, 2.05) is 0 Å². The highest BCUT2D eigenvalue weighted by atomic mass is 32.2. The Morgan fingerprint density at radius 2 is 2.00 bits per heavy atom. The molecule has 0 fully saturated rings. The second-order valence-corrected chi connectivity index (χ2v) is 3.49. The third kappa shape index (κ3) is 9.38. The highest BCUT2D eigenvalue weighted by Crippen LogP contribution is 1.89. The topological polar surface area (TPSA) is 69.7 Å². The lowest BCUT2D eigenvalue weighted by molar-refractivity contribution is -0.128. The van der Waals surface area contributed by atoms with E-state index in [2.05, 4.69) is 8.92 Å². The lowest BCUT2D eigenvalue weighted by atomic mass is 10.5. The normalized spacial score (nSPS) is 11.0. The molecule has 0 rings (SSSR count). The summed E-state index contributed by atoms with van der Waals surface area (Å²) in [4.78, 5) is 9.58. The summed E-state index contributed by atoms with van der Waals surface area (Å²) in [5.41, 5.74) is 0. The summed E-state index contributed by atoms with van der Waals surface area (Å²) in [6.45, 7) is 0.534. The summed E-state index contributed by atoms with van der Waals surface area (Å²) >= 11 is 0. The van der Waals surface area contributed by atoms with Crippen LogP contribution < -0.4 is 0 Å². The van der Waals surface area contributed by atoms with Crippen molar-refractivity contribution in [2.45, 2.75) is 6.42 Å². The first-order valence-electron chi connectivity index (χ1n) is 2.96. The maximum Gasteiger partial charge on any atom is 0.293 e. The van der Waals surface area contributed by atoms with E-state index in [0.29, 0.717) is 12.9 Å². The number of carbonyl (C=O) groups excluding carboxylic acids is 1. The van der Waals surface area contributed by atoms with Gasteiger partial charge in [0.1, 0.15) is 0 Å². The number of carbonyl (C=O) groups is 1. The smallest absolute Gasteiger partial charge is 0.293 e. The van der Waals surface area contributed by atoms with Crippen molar-refractivity contribution in [2.75, 3.05) is 19.5 Å². The van der Waals surface area contributed by atoms with E-state index in [4.69, 9.17) is 0 Å². The van der Waals surface area contributed by atoms with E-state index in [1.54, 1.807) is 0 Å². The Bertz CT molecular complexity index is 195. The third-order valence-electron chi connectivity index (χ3n) is 0.772. The molecule has 0 bridgehead atoms. The Morgan fingerprint density at radius 1 is 1.36 bits per heavy atom. The van der Waals surface area contributed by atoms with Crippen molar-refractivity contribution in [1.29, 1.82) is 0 Å². The quantitative estimate of drug-likeness (QED) is 0.315. The van der Waals surface area contributed by atoms with E-state index >= 15 is 0 Å². The molecule has 0 heterocycles. The van der Waals surface area contributed by atoms with E-state index in [-0.39, 0.29) is 13.2 Å². The van der Waals surface area contributed by atoms with E-state index in [0.717, 1.165) is 6.26 Å². The van der Waals surface area contributed by atoms with Crippen LogP contribution in [0.1, 0.15) is 6.42 Å². The molecule has 0 N–H and O–H groups in total. The number of hydrogen-bond donors (Lipinski definition) is 0. The fourth-order valence-electron chi connectivity index (χ4n) is 0.401. The SMILES string of the molecule is CS(=O)(=O)OCCCOC=O. The first kappa shape index (κ1) is 10.4. The highest BCUT2D eigenvalue weighted by molar-refractivity contribution is 7.85. The molecule has 0 saturated heterocycles. The van der Waals surface area contributed by atoms with Crippen LogP contribution in [0.25, 0.3) is 0 Å². The first-order chi connectivity index (χ1) is 5.06. The minimum atomic E-state index is -3.36. The van der Waals surface area contributed by atoms with Crippen LogP contribution in [-0.4, -0.2) is 34.4 Å². The van der Waals surface area contributed by atoms with E-state index < -0.39 is 10.1 Å². The summed E-state index contributed by atoms with van der Waals surface area (Å²) in [5, 5.41) is 0. The van der Waals surface area contributed by atoms with E-state index in [9.17, 15) is 13.2 Å². The van der Waals surface area contributed by atoms with Gasteiger partial charge in [0.15, 0.2) is 0 Å². The molecule has 0 aliphatic rings. The molecule has 5 nitrogen and oxygen atoms in total. The maximum atomic E-state index is 10.3. The molecule has 0 aliphatic carbocycles. The standard InChI is InChI=1S/C5H10O5S/c1-11(7,8)10-4-2-3-9-5-6/h5H,2-4H2,1H3. The molecule has 0 aromatic rings. The Balaban J connectivity index is 3.22. The average molecular weight is 182 g/mol. The van der Waals surface area contributed by atoms with Crippen LogP contribution in [0.4, 0.5) is 0 Å². The molecule has 0 atom stereocenters. The van der Waals surface area contributed by atoms with Crippen molar-refractivity contribution in [1.82, 2.24) is 0 Å². The van der Waals surface area contributed by atoms with Crippen LogP contribution in [0.2, 0.25) is 0 Å². The summed E-state index contributed by atoms with van der Waals surface area (Å²) in [6.07, 6.45) is 1.35. The second kappa shape index (κ2) is 5.09. The van der Waals surface area contributed by atoms with Crippen molar-refractivity contribution in [3.05, 3.63) is 0 Å². The molecule has 0 spiro atoms. The molecule has 66 valence electrons. The lowest BCUT2D eigenvalue weighted by Crippen LogP contribution is -2.06. The molecule has 0 amide bonds. The summed E-state index contributed by atoms with van der Waals surface area (Å²) in [7, 11) is -3.36. The third-order valence-corrected chi connectivity index (χ3v) is 1.37. The van der Waals surface area contributed by atoms with Gasteiger partial charge in [-0.1, -0.05) is 0 Å². The zero-order valence-electron chi connectivity index (χ0n) is 6.15. The molecule has 0 saturated carbocycles. The van der Waals surface area contributed by atoms with Crippen LogP contribution in [0.3, 0.4) is 0 Å². The number of hydrogen-bond acceptors (Lipinski definition) is 5. The van der Waals surface area contributed by atoms with Crippen molar-refractivity contribution in [3.63, 3.8) is 0 Å². The average Bonchev–Trinajstić information content (AvgIpc) is 1.85. The van der Waals surface area contributed by atoms with Gasteiger partial charge in [0.25, 0.3) is 16.6 Å². The van der Waals surface area contributed by atoms with Crippen LogP contribution in [-0.2, 0) is 23.8 Å². The van der Waals surface area contributed by atoms with E-state index in [1.165, 1.54) is 0 Å². The summed E-state index contributed by atoms with van der Waals surface area (Å²) in [5.74, 6) is 0. The van der Waals surface area contributed by atoms with Gasteiger partial charge in [-0.3, -0.25) is 8.98 Å². The van der Waals surface area contributed by atoms with Gasteiger partial charge in [-0.25, -0.2) is 0 Å². The Kier molecular flexibility index (Phi) is 4.80. The predicted molar refractivity (Wildman–Crippen MR) is 37.4 cm³/mol. The van der Waals surface area contributed by atoms with Gasteiger partial charge in [0, 0.05) is 6.42 Å². The van der Waals surface area contributed by atoms with Crippen LogP contribution in [0, 0.1) is 0 Å². The van der Waals surface area contributed by atoms with Gasteiger partial charge >= 0.3 is 0 Å². The highest BCUT2D eigenvalue weighted by Gasteiger charge is 1.99. The van der Waals surface area contributed by atoms with Gasteiger partial charge in [0.2, 0.25) is 0 Å². The molecule has 0 aromatic carbocycles. The van der Waals surface area contributed by atoms with Crippen LogP contribution >= 0.6 is 0 Å². The van der Waals surface area contributed by atoms with Crippen molar-refractivity contribution in [3.8, 4) is 0 Å². The van der Waals surface area contributed by atoms with Gasteiger partial charge in [0.05, 0.1) is 19.5 Å². The molecule has 0 unspecified atom stereocenters. The van der Waals surface area contributed by atoms with Crippen molar-refractivity contribution in [2.24, 2.45) is 0 Å². The van der Waals surface area contributed by atoms with Crippen LogP contribution in [0.5, 0.6) is 0 Å². The van der Waals surface area contributed by atoms with Crippen LogP contribution in [0.15, 0.2) is 0 Å². The van der Waals surface area contributed by atoms with Gasteiger partial charge in [-0.2, -0.15) is 8.42 Å². The first-order valence-corrected chi connectivity index (χ1v) is 4.77. The molecule has 0 radical (unpaired) electrons. The maximum absolute atomic E-state index is 10.3. The predicted octanol–water partition coefficient (Wildman–Crippen LogP) is -0.474. The van der Waals surface area contributed by atoms with Crippen molar-refractivity contribution < 1.29 is 22.1 Å². The zero-order valence-corrected chi connectivity index (χ0v) is 6.96. The monoisotopic (exact) mass is 182 g/mol.